The van der Waals surface area contributed by atoms with E-state index >= 15 is 0 Å². The van der Waals surface area contributed by atoms with Gasteiger partial charge in [0.2, 0.25) is 0 Å². The maximum Gasteiger partial charge on any atom is 0.324 e. The molecular weight excluding hydrogens is 544 g/mol. The average molecular weight is 581 g/mol. The van der Waals surface area contributed by atoms with E-state index in [0.29, 0.717) is 23.8 Å². The maximum absolute atomic E-state index is 12.4. The summed E-state index contributed by atoms with van der Waals surface area (Å²) < 4.78 is 17.1. The first kappa shape index (κ1) is 30.1. The molecule has 2 aromatic carbocycles. The first-order valence-corrected chi connectivity index (χ1v) is 14.1. The molecule has 4 rings (SSSR count). The highest BCUT2D eigenvalue weighted by Crippen LogP contribution is 2.37. The third-order valence-electron chi connectivity index (χ3n) is 6.26. The Hall–Kier alpha value is -3.87. The number of carbonyl (C=O) groups is 1. The number of aromatic nitrogens is 2. The van der Waals surface area contributed by atoms with Gasteiger partial charge in [-0.15, -0.1) is 0 Å². The van der Waals surface area contributed by atoms with Crippen LogP contribution >= 0.6 is 11.8 Å². The van der Waals surface area contributed by atoms with Crippen molar-refractivity contribution in [1.82, 2.24) is 20.2 Å². The van der Waals surface area contributed by atoms with E-state index in [1.807, 2.05) is 51.1 Å². The van der Waals surface area contributed by atoms with Crippen LogP contribution in [0.4, 0.5) is 10.5 Å². The summed E-state index contributed by atoms with van der Waals surface area (Å²) in [7, 11) is 1.60. The predicted octanol–water partition coefficient (Wildman–Crippen LogP) is 5.09. The Balaban J connectivity index is 1.45. The highest BCUT2D eigenvalue weighted by Gasteiger charge is 2.17. The summed E-state index contributed by atoms with van der Waals surface area (Å²) in [6.45, 7) is 10.00. The molecule has 12 heteroatoms. The average Bonchev–Trinajstić information content (AvgIpc) is 2.93. The number of amides is 2. The number of amidine groups is 1. The lowest BCUT2D eigenvalue weighted by atomic mass is 9.93. The lowest BCUT2D eigenvalue weighted by Gasteiger charge is -2.26. The van der Waals surface area contributed by atoms with Crippen molar-refractivity contribution < 1.29 is 24.1 Å². The molecule has 0 spiro atoms. The zero-order valence-corrected chi connectivity index (χ0v) is 24.5. The van der Waals surface area contributed by atoms with Crippen LogP contribution in [0.2, 0.25) is 0 Å². The molecule has 1 aliphatic rings. The second-order valence-electron chi connectivity index (χ2n) is 10.4. The van der Waals surface area contributed by atoms with E-state index in [1.54, 1.807) is 13.2 Å². The number of benzene rings is 2. The largest absolute Gasteiger partial charge is 0.512 e. The number of aliphatic hydroxyl groups excluding tert-OH is 1. The van der Waals surface area contributed by atoms with E-state index in [2.05, 4.69) is 25.5 Å². The summed E-state index contributed by atoms with van der Waals surface area (Å²) in [5.41, 5.74) is 0.734. The van der Waals surface area contributed by atoms with Crippen molar-refractivity contribution in [1.29, 1.82) is 5.41 Å². The number of nitrogens with zero attached hydrogens (tertiary/aromatic N) is 3. The Bertz CT molecular complexity index is 1420. The van der Waals surface area contributed by atoms with Crippen molar-refractivity contribution in [3.8, 4) is 11.5 Å². The molecule has 1 fully saturated rings. The first-order valence-electron chi connectivity index (χ1n) is 13.2. The number of aliphatic hydroxyl groups is 1. The summed E-state index contributed by atoms with van der Waals surface area (Å²) >= 11 is 1.43. The molecule has 0 bridgehead atoms. The van der Waals surface area contributed by atoms with E-state index in [9.17, 15) is 9.90 Å². The van der Waals surface area contributed by atoms with Gasteiger partial charge in [0, 0.05) is 53.2 Å². The summed E-state index contributed by atoms with van der Waals surface area (Å²) in [5, 5.41) is 24.7. The summed E-state index contributed by atoms with van der Waals surface area (Å²) in [6.07, 6.45) is 2.73. The van der Waals surface area contributed by atoms with E-state index in [1.165, 1.54) is 24.2 Å². The number of anilines is 1. The number of fused-ring (bicyclic) bond motifs is 1. The molecular formula is C29H36N6O5S. The van der Waals surface area contributed by atoms with Crippen LogP contribution in [0.3, 0.4) is 0 Å². The number of rotatable bonds is 9. The third-order valence-corrected chi connectivity index (χ3v) is 7.27. The fraction of sp³-hybridized carbons (Fsp3) is 0.379. The molecule has 0 aliphatic carbocycles. The molecule has 0 saturated carbocycles. The SMILES string of the molecule is COc1cc2ncnc(Sc3cccc(NC(=O)NC(=N)/C=C(\O)C(C)(C)C)c3)c2cc1OCCN1CCOCC1. The summed E-state index contributed by atoms with van der Waals surface area (Å²) in [5.74, 6) is 1.00. The lowest BCUT2D eigenvalue weighted by molar-refractivity contribution is 0.0321. The fourth-order valence-corrected chi connectivity index (χ4v) is 4.86. The van der Waals surface area contributed by atoms with Gasteiger partial charge >= 0.3 is 6.03 Å². The smallest absolute Gasteiger partial charge is 0.324 e. The Morgan fingerprint density at radius 1 is 1.20 bits per heavy atom. The first-order chi connectivity index (χ1) is 19.6. The van der Waals surface area contributed by atoms with Crippen molar-refractivity contribution >= 4 is 40.2 Å². The highest BCUT2D eigenvalue weighted by atomic mass is 32.2. The second-order valence-corrected chi connectivity index (χ2v) is 11.5. The molecule has 1 aromatic heterocycles. The quantitative estimate of drug-likeness (QED) is 0.118. The number of hydrogen-bond acceptors (Lipinski definition) is 10. The van der Waals surface area contributed by atoms with Gasteiger partial charge in [-0.25, -0.2) is 14.8 Å². The minimum atomic E-state index is -0.589. The zero-order valence-electron chi connectivity index (χ0n) is 23.7. The molecule has 2 amide bonds. The maximum atomic E-state index is 12.4. The number of urea groups is 1. The molecule has 0 unspecified atom stereocenters. The van der Waals surface area contributed by atoms with Crippen LogP contribution in [0.1, 0.15) is 20.8 Å². The second kappa shape index (κ2) is 13.7. The highest BCUT2D eigenvalue weighted by molar-refractivity contribution is 7.99. The van der Waals surface area contributed by atoms with Crippen molar-refractivity contribution in [2.24, 2.45) is 5.41 Å². The summed E-state index contributed by atoms with van der Waals surface area (Å²) in [6, 6.07) is 10.4. The van der Waals surface area contributed by atoms with Crippen molar-refractivity contribution in [3.63, 3.8) is 0 Å². The lowest BCUT2D eigenvalue weighted by Crippen LogP contribution is -2.38. The number of morpholine rings is 1. The van der Waals surface area contributed by atoms with E-state index in [4.69, 9.17) is 19.6 Å². The van der Waals surface area contributed by atoms with Gasteiger partial charge in [-0.1, -0.05) is 38.6 Å². The monoisotopic (exact) mass is 580 g/mol. The number of allylic oxidation sites excluding steroid dienone is 1. The summed E-state index contributed by atoms with van der Waals surface area (Å²) in [4.78, 5) is 24.5. The van der Waals surface area contributed by atoms with E-state index in [-0.39, 0.29) is 11.6 Å². The standard InChI is InChI=1S/C29H36N6O5S/c1-29(2,3)25(36)17-26(30)34-28(37)33-19-6-5-7-20(14-19)41-27-21-15-24(23(38-4)16-22(21)31-18-32-27)40-13-10-35-8-11-39-12-9-35/h5-7,14-18,36H,8-13H2,1-4H3,(H3,30,33,34,37)/b25-17-. The van der Waals surface area contributed by atoms with Crippen LogP contribution in [0.5, 0.6) is 11.5 Å². The molecule has 218 valence electrons. The molecule has 3 aromatic rings. The number of hydrogen-bond donors (Lipinski definition) is 4. The van der Waals surface area contributed by atoms with Crippen molar-refractivity contribution in [3.05, 3.63) is 54.6 Å². The van der Waals surface area contributed by atoms with Crippen molar-refractivity contribution in [2.75, 3.05) is 51.9 Å². The fourth-order valence-electron chi connectivity index (χ4n) is 3.93. The van der Waals surface area contributed by atoms with Crippen molar-refractivity contribution in [2.45, 2.75) is 30.7 Å². The normalized spacial score (nSPS) is 14.5. The van der Waals surface area contributed by atoms with E-state index < -0.39 is 11.4 Å². The topological polar surface area (TPSA) is 142 Å². The molecule has 0 radical (unpaired) electrons. The molecule has 2 heterocycles. The molecule has 11 nitrogen and oxygen atoms in total. The Kier molecular flexibility index (Phi) is 10.0. The van der Waals surface area contributed by atoms with Gasteiger partial charge in [0.1, 0.15) is 29.6 Å². The minimum Gasteiger partial charge on any atom is -0.512 e. The molecule has 4 N–H and O–H groups in total. The number of ether oxygens (including phenoxy) is 3. The van der Waals surface area contributed by atoms with Gasteiger partial charge in [-0.05, 0) is 24.3 Å². The molecule has 0 atom stereocenters. The van der Waals surface area contributed by atoms with E-state index in [0.717, 1.165) is 53.7 Å². The van der Waals surface area contributed by atoms with Crippen LogP contribution in [0.15, 0.2) is 64.5 Å². The number of carbonyl (C=O) groups excluding carboxylic acids is 1. The Labute approximate surface area is 243 Å². The third kappa shape index (κ3) is 8.56. The minimum absolute atomic E-state index is 0.00144. The van der Waals surface area contributed by atoms with Crippen LogP contribution in [-0.2, 0) is 4.74 Å². The Morgan fingerprint density at radius 3 is 2.71 bits per heavy atom. The van der Waals surface area contributed by atoms with Gasteiger partial charge < -0.3 is 24.6 Å². The number of methoxy groups -OCH3 is 1. The Morgan fingerprint density at radius 2 is 1.98 bits per heavy atom. The van der Waals surface area contributed by atoms with Crippen LogP contribution in [0.25, 0.3) is 10.9 Å². The van der Waals surface area contributed by atoms with Crippen LogP contribution in [0, 0.1) is 10.8 Å². The molecule has 1 saturated heterocycles. The van der Waals surface area contributed by atoms with Gasteiger partial charge in [0.15, 0.2) is 11.5 Å². The van der Waals surface area contributed by atoms with Gasteiger partial charge in [0.25, 0.3) is 0 Å². The predicted molar refractivity (Wildman–Crippen MR) is 159 cm³/mol. The zero-order chi connectivity index (χ0) is 29.4. The van der Waals surface area contributed by atoms with Crippen LogP contribution in [-0.4, -0.2) is 78.4 Å². The van der Waals surface area contributed by atoms with Gasteiger partial charge in [0.05, 0.1) is 25.8 Å². The molecule has 1 aliphatic heterocycles. The van der Waals surface area contributed by atoms with Gasteiger partial charge in [-0.3, -0.25) is 15.6 Å². The number of nitrogens with one attached hydrogen (secondary N) is 3. The molecule has 41 heavy (non-hydrogen) atoms. The van der Waals surface area contributed by atoms with Crippen LogP contribution < -0.4 is 20.1 Å². The van der Waals surface area contributed by atoms with Gasteiger partial charge in [-0.2, -0.15) is 0 Å².